The zero-order valence-electron chi connectivity index (χ0n) is 11.1. The smallest absolute Gasteiger partial charge is 0.257 e. The Morgan fingerprint density at radius 3 is 2.72 bits per heavy atom. The lowest BCUT2D eigenvalue weighted by Crippen LogP contribution is -2.34. The minimum absolute atomic E-state index is 0.0102. The molecule has 1 amide bonds. The molecule has 2 N–H and O–H groups in total. The molecule has 2 rings (SSSR count). The highest BCUT2D eigenvalue weighted by Crippen LogP contribution is 2.30. The number of carbonyl (C=O) groups excluding carboxylic acids is 1. The summed E-state index contributed by atoms with van der Waals surface area (Å²) in [5.74, 6) is 1.04. The Balaban J connectivity index is 2.32. The molecule has 1 aliphatic rings. The highest BCUT2D eigenvalue weighted by atomic mass is 16.5. The number of amides is 1. The molecule has 0 radical (unpaired) electrons. The van der Waals surface area contributed by atoms with Gasteiger partial charge in [0.05, 0.1) is 18.4 Å². The van der Waals surface area contributed by atoms with Crippen molar-refractivity contribution >= 4 is 11.6 Å². The second kappa shape index (κ2) is 4.88. The van der Waals surface area contributed by atoms with Gasteiger partial charge in [-0.25, -0.2) is 0 Å². The monoisotopic (exact) mass is 248 g/mol. The number of methoxy groups -OCH3 is 1. The zero-order valence-corrected chi connectivity index (χ0v) is 11.1. The lowest BCUT2D eigenvalue weighted by atomic mass is 10.1. The van der Waals surface area contributed by atoms with E-state index in [0.29, 0.717) is 22.9 Å². The van der Waals surface area contributed by atoms with Crippen LogP contribution in [0.2, 0.25) is 0 Å². The van der Waals surface area contributed by atoms with Crippen molar-refractivity contribution in [2.75, 3.05) is 19.4 Å². The average molecular weight is 248 g/mol. The number of benzene rings is 1. The van der Waals surface area contributed by atoms with E-state index in [1.807, 2.05) is 4.90 Å². The SMILES string of the molecule is COc1c(N)cccc1C(=O)N1CC(C)CC1C. The Hall–Kier alpha value is -1.71. The molecule has 0 aromatic heterocycles. The molecule has 1 saturated heterocycles. The van der Waals surface area contributed by atoms with Gasteiger partial charge in [0.25, 0.3) is 5.91 Å². The molecule has 0 bridgehead atoms. The molecular weight excluding hydrogens is 228 g/mol. The van der Waals surface area contributed by atoms with E-state index < -0.39 is 0 Å². The van der Waals surface area contributed by atoms with Crippen molar-refractivity contribution in [2.24, 2.45) is 5.92 Å². The predicted octanol–water partition coefficient (Wildman–Crippen LogP) is 2.15. The van der Waals surface area contributed by atoms with Crippen molar-refractivity contribution in [3.8, 4) is 5.75 Å². The standard InChI is InChI=1S/C14H20N2O2/c1-9-7-10(2)16(8-9)14(17)11-5-4-6-12(15)13(11)18-3/h4-6,9-10H,7-8,15H2,1-3H3. The van der Waals surface area contributed by atoms with E-state index >= 15 is 0 Å². The minimum atomic E-state index is 0.0102. The number of nitrogens with two attached hydrogens (primary N) is 1. The van der Waals surface area contributed by atoms with Gasteiger partial charge in [-0.05, 0) is 31.4 Å². The van der Waals surface area contributed by atoms with Crippen LogP contribution in [0.3, 0.4) is 0 Å². The average Bonchev–Trinajstić information content (AvgIpc) is 2.67. The van der Waals surface area contributed by atoms with E-state index in [1.54, 1.807) is 25.3 Å². The van der Waals surface area contributed by atoms with Crippen molar-refractivity contribution in [1.82, 2.24) is 4.90 Å². The maximum atomic E-state index is 12.5. The fourth-order valence-corrected chi connectivity index (χ4v) is 2.69. The Bertz CT molecular complexity index is 459. The van der Waals surface area contributed by atoms with Gasteiger partial charge in [0.15, 0.2) is 5.75 Å². The van der Waals surface area contributed by atoms with Crippen LogP contribution in [0.4, 0.5) is 5.69 Å². The molecule has 18 heavy (non-hydrogen) atoms. The van der Waals surface area contributed by atoms with E-state index in [4.69, 9.17) is 10.5 Å². The van der Waals surface area contributed by atoms with Crippen LogP contribution < -0.4 is 10.5 Å². The number of nitrogens with zero attached hydrogens (tertiary/aromatic N) is 1. The van der Waals surface area contributed by atoms with Gasteiger partial charge in [0, 0.05) is 12.6 Å². The van der Waals surface area contributed by atoms with Crippen LogP contribution >= 0.6 is 0 Å². The Morgan fingerprint density at radius 2 is 2.17 bits per heavy atom. The fourth-order valence-electron chi connectivity index (χ4n) is 2.69. The number of anilines is 1. The Morgan fingerprint density at radius 1 is 1.44 bits per heavy atom. The van der Waals surface area contributed by atoms with Gasteiger partial charge >= 0.3 is 0 Å². The van der Waals surface area contributed by atoms with Gasteiger partial charge in [-0.2, -0.15) is 0 Å². The van der Waals surface area contributed by atoms with E-state index in [9.17, 15) is 4.79 Å². The molecule has 1 fully saturated rings. The van der Waals surface area contributed by atoms with Gasteiger partial charge in [-0.1, -0.05) is 13.0 Å². The Kier molecular flexibility index (Phi) is 3.45. The fraction of sp³-hybridized carbons (Fsp3) is 0.500. The predicted molar refractivity (Wildman–Crippen MR) is 71.7 cm³/mol. The lowest BCUT2D eigenvalue weighted by Gasteiger charge is -2.23. The molecule has 98 valence electrons. The quantitative estimate of drug-likeness (QED) is 0.816. The van der Waals surface area contributed by atoms with E-state index in [2.05, 4.69) is 13.8 Å². The molecule has 4 nitrogen and oxygen atoms in total. The second-order valence-electron chi connectivity index (χ2n) is 5.08. The molecule has 1 heterocycles. The molecular formula is C14H20N2O2. The summed E-state index contributed by atoms with van der Waals surface area (Å²) in [6.45, 7) is 5.05. The highest BCUT2D eigenvalue weighted by molar-refractivity contribution is 5.99. The van der Waals surface area contributed by atoms with Crippen LogP contribution in [0.25, 0.3) is 0 Å². The second-order valence-corrected chi connectivity index (χ2v) is 5.08. The summed E-state index contributed by atoms with van der Waals surface area (Å²) in [6.07, 6.45) is 1.05. The van der Waals surface area contributed by atoms with Crippen molar-refractivity contribution in [3.63, 3.8) is 0 Å². The number of likely N-dealkylation sites (tertiary alicyclic amines) is 1. The van der Waals surface area contributed by atoms with Crippen molar-refractivity contribution < 1.29 is 9.53 Å². The molecule has 0 aliphatic carbocycles. The van der Waals surface area contributed by atoms with E-state index in [-0.39, 0.29) is 11.9 Å². The zero-order chi connectivity index (χ0) is 13.3. The summed E-state index contributed by atoms with van der Waals surface area (Å²) in [6, 6.07) is 5.58. The molecule has 2 atom stereocenters. The highest BCUT2D eigenvalue weighted by Gasteiger charge is 2.31. The number of nitrogen functional groups attached to an aromatic ring is 1. The van der Waals surface area contributed by atoms with Gasteiger partial charge < -0.3 is 15.4 Å². The summed E-state index contributed by atoms with van der Waals surface area (Å²) in [7, 11) is 1.54. The molecule has 1 aliphatic heterocycles. The van der Waals surface area contributed by atoms with Crippen LogP contribution in [0, 0.1) is 5.92 Å². The van der Waals surface area contributed by atoms with Gasteiger partial charge in [0.1, 0.15) is 0 Å². The third kappa shape index (κ3) is 2.15. The van der Waals surface area contributed by atoms with Crippen LogP contribution in [-0.4, -0.2) is 30.5 Å². The Labute approximate surface area is 108 Å². The summed E-state index contributed by atoms with van der Waals surface area (Å²) in [5, 5.41) is 0. The number of hydrogen-bond acceptors (Lipinski definition) is 3. The van der Waals surface area contributed by atoms with Gasteiger partial charge in [-0.3, -0.25) is 4.79 Å². The molecule has 1 aromatic carbocycles. The van der Waals surface area contributed by atoms with Crippen LogP contribution in [0.5, 0.6) is 5.75 Å². The minimum Gasteiger partial charge on any atom is -0.494 e. The number of para-hydroxylation sites is 1. The van der Waals surface area contributed by atoms with Crippen LogP contribution in [-0.2, 0) is 0 Å². The first kappa shape index (κ1) is 12.7. The summed E-state index contributed by atoms with van der Waals surface area (Å²) < 4.78 is 5.25. The van der Waals surface area contributed by atoms with Crippen molar-refractivity contribution in [2.45, 2.75) is 26.3 Å². The normalized spacial score (nSPS) is 23.2. The van der Waals surface area contributed by atoms with Crippen molar-refractivity contribution in [1.29, 1.82) is 0 Å². The maximum absolute atomic E-state index is 12.5. The molecule has 0 saturated carbocycles. The number of rotatable bonds is 2. The molecule has 4 heteroatoms. The first-order valence-corrected chi connectivity index (χ1v) is 6.28. The lowest BCUT2D eigenvalue weighted by molar-refractivity contribution is 0.0740. The molecule has 0 spiro atoms. The van der Waals surface area contributed by atoms with E-state index in [0.717, 1.165) is 13.0 Å². The first-order valence-electron chi connectivity index (χ1n) is 6.28. The largest absolute Gasteiger partial charge is 0.494 e. The van der Waals surface area contributed by atoms with Crippen LogP contribution in [0.1, 0.15) is 30.6 Å². The number of hydrogen-bond donors (Lipinski definition) is 1. The van der Waals surface area contributed by atoms with Gasteiger partial charge in [0.2, 0.25) is 0 Å². The molecule has 1 aromatic rings. The summed E-state index contributed by atoms with van der Waals surface area (Å²) in [5.41, 5.74) is 6.89. The van der Waals surface area contributed by atoms with E-state index in [1.165, 1.54) is 0 Å². The number of ether oxygens (including phenoxy) is 1. The molecule has 2 unspecified atom stereocenters. The third-order valence-electron chi connectivity index (χ3n) is 3.52. The first-order chi connectivity index (χ1) is 8.54. The third-order valence-corrected chi connectivity index (χ3v) is 3.52. The summed E-state index contributed by atoms with van der Waals surface area (Å²) in [4.78, 5) is 14.4. The van der Waals surface area contributed by atoms with Crippen LogP contribution in [0.15, 0.2) is 18.2 Å². The maximum Gasteiger partial charge on any atom is 0.257 e. The summed E-state index contributed by atoms with van der Waals surface area (Å²) >= 11 is 0. The van der Waals surface area contributed by atoms with Crippen molar-refractivity contribution in [3.05, 3.63) is 23.8 Å². The number of carbonyl (C=O) groups is 1. The van der Waals surface area contributed by atoms with Gasteiger partial charge in [-0.15, -0.1) is 0 Å². The topological polar surface area (TPSA) is 55.6 Å².